The van der Waals surface area contributed by atoms with Crippen molar-refractivity contribution < 1.29 is 4.79 Å². The standard InChI is InChI=1S/C19H23N5O2S2/c1-10-7-11(2)14(12(3)8-10)20-13(25)9-27-18-23-24-16(26)15(19(4,5)6)21-22-17(24)28-18/h7-8H,9H2,1-6H3,(H,20,25). The zero-order valence-corrected chi connectivity index (χ0v) is 18.4. The molecule has 28 heavy (non-hydrogen) atoms. The first-order valence-electron chi connectivity index (χ1n) is 8.84. The average molecular weight is 418 g/mol. The molecule has 0 radical (unpaired) electrons. The van der Waals surface area contributed by atoms with Crippen LogP contribution in [0.4, 0.5) is 5.69 Å². The normalized spacial score (nSPS) is 11.8. The van der Waals surface area contributed by atoms with Crippen LogP contribution in [0.1, 0.15) is 43.2 Å². The van der Waals surface area contributed by atoms with Crippen LogP contribution >= 0.6 is 23.1 Å². The zero-order valence-electron chi connectivity index (χ0n) is 16.8. The topological polar surface area (TPSA) is 89.3 Å². The van der Waals surface area contributed by atoms with Gasteiger partial charge in [-0.3, -0.25) is 9.59 Å². The fourth-order valence-electron chi connectivity index (χ4n) is 2.91. The van der Waals surface area contributed by atoms with Gasteiger partial charge in [-0.1, -0.05) is 61.6 Å². The number of carbonyl (C=O) groups excluding carboxylic acids is 1. The number of anilines is 1. The predicted molar refractivity (Wildman–Crippen MR) is 114 cm³/mol. The van der Waals surface area contributed by atoms with E-state index < -0.39 is 5.41 Å². The fourth-order valence-corrected chi connectivity index (χ4v) is 4.58. The van der Waals surface area contributed by atoms with E-state index in [1.165, 1.54) is 27.6 Å². The van der Waals surface area contributed by atoms with Crippen molar-refractivity contribution in [3.8, 4) is 0 Å². The van der Waals surface area contributed by atoms with Gasteiger partial charge in [0.2, 0.25) is 10.9 Å². The lowest BCUT2D eigenvalue weighted by molar-refractivity contribution is -0.113. The lowest BCUT2D eigenvalue weighted by Crippen LogP contribution is -2.30. The minimum Gasteiger partial charge on any atom is -0.325 e. The molecule has 148 valence electrons. The molecule has 7 nitrogen and oxygen atoms in total. The molecule has 2 heterocycles. The summed E-state index contributed by atoms with van der Waals surface area (Å²) in [6, 6.07) is 4.09. The van der Waals surface area contributed by atoms with Crippen molar-refractivity contribution in [2.75, 3.05) is 11.1 Å². The second-order valence-corrected chi connectivity index (χ2v) is 9.96. The summed E-state index contributed by atoms with van der Waals surface area (Å²) in [5.74, 6) is 0.0778. The molecule has 1 N–H and O–H groups in total. The van der Waals surface area contributed by atoms with Crippen molar-refractivity contribution in [3.05, 3.63) is 44.9 Å². The third-order valence-electron chi connectivity index (χ3n) is 4.15. The van der Waals surface area contributed by atoms with E-state index in [4.69, 9.17) is 0 Å². The Morgan fingerprint density at radius 3 is 2.43 bits per heavy atom. The van der Waals surface area contributed by atoms with E-state index in [9.17, 15) is 9.59 Å². The maximum absolute atomic E-state index is 12.6. The van der Waals surface area contributed by atoms with Crippen LogP contribution in [0.25, 0.3) is 4.96 Å². The van der Waals surface area contributed by atoms with Gasteiger partial charge in [-0.2, -0.15) is 4.52 Å². The Hall–Kier alpha value is -2.26. The van der Waals surface area contributed by atoms with Gasteiger partial charge in [-0.05, 0) is 31.9 Å². The van der Waals surface area contributed by atoms with Crippen molar-refractivity contribution in [2.45, 2.75) is 51.3 Å². The van der Waals surface area contributed by atoms with E-state index >= 15 is 0 Å². The number of nitrogens with one attached hydrogen (secondary N) is 1. The van der Waals surface area contributed by atoms with Crippen LogP contribution in [0.5, 0.6) is 0 Å². The minimum atomic E-state index is -0.411. The highest BCUT2D eigenvalue weighted by Crippen LogP contribution is 2.26. The van der Waals surface area contributed by atoms with Crippen LogP contribution in [-0.4, -0.2) is 31.5 Å². The van der Waals surface area contributed by atoms with E-state index in [1.54, 1.807) is 0 Å². The van der Waals surface area contributed by atoms with Crippen LogP contribution in [-0.2, 0) is 10.2 Å². The molecule has 2 aromatic heterocycles. The molecule has 0 saturated heterocycles. The maximum atomic E-state index is 12.6. The van der Waals surface area contributed by atoms with Crippen molar-refractivity contribution in [3.63, 3.8) is 0 Å². The van der Waals surface area contributed by atoms with Gasteiger partial charge in [0.25, 0.3) is 5.56 Å². The number of hydrogen-bond donors (Lipinski definition) is 1. The van der Waals surface area contributed by atoms with Crippen molar-refractivity contribution in [2.24, 2.45) is 0 Å². The highest BCUT2D eigenvalue weighted by Gasteiger charge is 2.23. The molecule has 9 heteroatoms. The highest BCUT2D eigenvalue weighted by molar-refractivity contribution is 8.01. The van der Waals surface area contributed by atoms with E-state index in [2.05, 4.69) is 20.6 Å². The number of benzene rings is 1. The maximum Gasteiger partial charge on any atom is 0.297 e. The number of carbonyl (C=O) groups is 1. The molecule has 3 aromatic rings. The Morgan fingerprint density at radius 2 is 1.82 bits per heavy atom. The van der Waals surface area contributed by atoms with Gasteiger partial charge in [0.1, 0.15) is 5.69 Å². The number of amides is 1. The van der Waals surface area contributed by atoms with Crippen LogP contribution in [0, 0.1) is 20.8 Å². The summed E-state index contributed by atoms with van der Waals surface area (Å²) < 4.78 is 1.87. The number of aromatic nitrogens is 4. The lowest BCUT2D eigenvalue weighted by Gasteiger charge is -2.14. The monoisotopic (exact) mass is 417 g/mol. The molecule has 0 bridgehead atoms. The van der Waals surface area contributed by atoms with Crippen LogP contribution in [0.2, 0.25) is 0 Å². The summed E-state index contributed by atoms with van der Waals surface area (Å²) in [7, 11) is 0. The molecule has 0 atom stereocenters. The molecular formula is C19H23N5O2S2. The Morgan fingerprint density at radius 1 is 1.18 bits per heavy atom. The number of rotatable bonds is 4. The Labute approximate surface area is 171 Å². The summed E-state index contributed by atoms with van der Waals surface area (Å²) in [4.78, 5) is 25.4. The smallest absolute Gasteiger partial charge is 0.297 e. The number of fused-ring (bicyclic) bond motifs is 1. The summed E-state index contributed by atoms with van der Waals surface area (Å²) in [5, 5.41) is 15.5. The van der Waals surface area contributed by atoms with Crippen molar-refractivity contribution in [1.82, 2.24) is 19.8 Å². The average Bonchev–Trinajstić information content (AvgIpc) is 2.99. The summed E-state index contributed by atoms with van der Waals surface area (Å²) in [5.41, 5.74) is 3.77. The highest BCUT2D eigenvalue weighted by atomic mass is 32.2. The van der Waals surface area contributed by atoms with E-state index in [-0.39, 0.29) is 17.2 Å². The molecule has 1 amide bonds. The largest absolute Gasteiger partial charge is 0.325 e. The second kappa shape index (κ2) is 7.63. The molecule has 0 saturated carbocycles. The molecule has 0 aliphatic carbocycles. The first-order valence-corrected chi connectivity index (χ1v) is 10.6. The first-order chi connectivity index (χ1) is 13.1. The quantitative estimate of drug-likeness (QED) is 0.654. The van der Waals surface area contributed by atoms with E-state index in [0.29, 0.717) is 15.0 Å². The minimum absolute atomic E-state index is 0.117. The van der Waals surface area contributed by atoms with Gasteiger partial charge in [-0.15, -0.1) is 15.3 Å². The Kier molecular flexibility index (Phi) is 5.58. The van der Waals surface area contributed by atoms with Crippen molar-refractivity contribution in [1.29, 1.82) is 0 Å². The second-order valence-electron chi connectivity index (χ2n) is 7.78. The van der Waals surface area contributed by atoms with Crippen LogP contribution < -0.4 is 10.9 Å². The Balaban J connectivity index is 1.74. The van der Waals surface area contributed by atoms with Crippen LogP contribution in [0.15, 0.2) is 21.3 Å². The van der Waals surface area contributed by atoms with Crippen molar-refractivity contribution >= 4 is 39.7 Å². The molecule has 3 rings (SSSR count). The number of nitrogens with zero attached hydrogens (tertiary/aromatic N) is 4. The van der Waals surface area contributed by atoms with E-state index in [1.807, 2.05) is 53.7 Å². The molecule has 1 aromatic carbocycles. The molecular weight excluding hydrogens is 394 g/mol. The molecule has 0 spiro atoms. The fraction of sp³-hybridized carbons (Fsp3) is 0.421. The Bertz CT molecular complexity index is 1090. The SMILES string of the molecule is Cc1cc(C)c(NC(=O)CSc2nn3c(=O)c(C(C)(C)C)nnc3s2)c(C)c1. The van der Waals surface area contributed by atoms with Gasteiger partial charge < -0.3 is 5.32 Å². The first kappa shape index (κ1) is 20.5. The van der Waals surface area contributed by atoms with Gasteiger partial charge in [-0.25, -0.2) is 0 Å². The molecule has 0 aliphatic rings. The third kappa shape index (κ3) is 4.25. The van der Waals surface area contributed by atoms with E-state index in [0.717, 1.165) is 22.4 Å². The molecule has 0 fully saturated rings. The zero-order chi connectivity index (χ0) is 20.6. The summed E-state index contributed by atoms with van der Waals surface area (Å²) >= 11 is 2.53. The van der Waals surface area contributed by atoms with Gasteiger partial charge in [0, 0.05) is 11.1 Å². The van der Waals surface area contributed by atoms with Crippen LogP contribution in [0.3, 0.4) is 0 Å². The lowest BCUT2D eigenvalue weighted by atomic mass is 9.93. The van der Waals surface area contributed by atoms with Gasteiger partial charge in [0.05, 0.1) is 5.75 Å². The summed E-state index contributed by atoms with van der Waals surface area (Å²) in [6.07, 6.45) is 0. The molecule has 0 unspecified atom stereocenters. The summed E-state index contributed by atoms with van der Waals surface area (Å²) in [6.45, 7) is 11.7. The predicted octanol–water partition coefficient (Wildman–Crippen LogP) is 3.50. The number of hydrogen-bond acceptors (Lipinski definition) is 7. The van der Waals surface area contributed by atoms with Gasteiger partial charge >= 0.3 is 0 Å². The third-order valence-corrected chi connectivity index (χ3v) is 6.18. The van der Waals surface area contributed by atoms with Gasteiger partial charge in [0.15, 0.2) is 4.34 Å². The molecule has 0 aliphatic heterocycles. The number of aryl methyl sites for hydroxylation is 3. The number of thioether (sulfide) groups is 1.